The lowest BCUT2D eigenvalue weighted by molar-refractivity contribution is 0.685. The summed E-state index contributed by atoms with van der Waals surface area (Å²) in [5.41, 5.74) is 12.9. The number of hydrogen-bond donors (Lipinski definition) is 1. The zero-order valence-electron chi connectivity index (χ0n) is 21.6. The average Bonchev–Trinajstić information content (AvgIpc) is 3.14. The van der Waals surface area contributed by atoms with Crippen LogP contribution >= 0.6 is 0 Å². The summed E-state index contributed by atoms with van der Waals surface area (Å²) in [5.74, 6) is 0. The van der Waals surface area contributed by atoms with Crippen LogP contribution in [0, 0.1) is 20.8 Å². The molecule has 1 aliphatic carbocycles. The van der Waals surface area contributed by atoms with E-state index in [2.05, 4.69) is 118 Å². The van der Waals surface area contributed by atoms with Crippen LogP contribution in [0.1, 0.15) is 71.6 Å². The first kappa shape index (κ1) is 23.4. The van der Waals surface area contributed by atoms with Crippen molar-refractivity contribution in [2.75, 3.05) is 11.9 Å². The third-order valence-corrected chi connectivity index (χ3v) is 7.61. The molecular formula is C34H37N. The first-order valence-electron chi connectivity index (χ1n) is 13.2. The third kappa shape index (κ3) is 4.18. The van der Waals surface area contributed by atoms with Gasteiger partial charge < -0.3 is 5.32 Å². The SMILES string of the molecule is CCCCCCNc1ccc(C2(c3ccc(C)cc3)c3cc(C)ccc3-c3ccc(C)cc32)cc1. The molecule has 35 heavy (non-hydrogen) atoms. The highest BCUT2D eigenvalue weighted by atomic mass is 14.9. The Morgan fingerprint density at radius 2 is 1.09 bits per heavy atom. The van der Waals surface area contributed by atoms with Crippen LogP contribution in [0.4, 0.5) is 5.69 Å². The number of unbranched alkanes of at least 4 members (excludes halogenated alkanes) is 3. The van der Waals surface area contributed by atoms with Crippen molar-refractivity contribution in [3.8, 4) is 11.1 Å². The summed E-state index contributed by atoms with van der Waals surface area (Å²) in [6.07, 6.45) is 5.11. The van der Waals surface area contributed by atoms with E-state index in [1.54, 1.807) is 0 Å². The molecule has 0 bridgehead atoms. The first-order valence-corrected chi connectivity index (χ1v) is 13.2. The maximum atomic E-state index is 3.64. The highest BCUT2D eigenvalue weighted by Crippen LogP contribution is 2.56. The molecule has 1 nitrogen and oxygen atoms in total. The van der Waals surface area contributed by atoms with Gasteiger partial charge in [-0.05, 0) is 72.7 Å². The second-order valence-corrected chi connectivity index (χ2v) is 10.3. The summed E-state index contributed by atoms with van der Waals surface area (Å²) in [7, 11) is 0. The number of benzene rings is 4. The van der Waals surface area contributed by atoms with Gasteiger partial charge >= 0.3 is 0 Å². The van der Waals surface area contributed by atoms with Gasteiger partial charge in [-0.15, -0.1) is 0 Å². The van der Waals surface area contributed by atoms with E-state index in [0.29, 0.717) is 0 Å². The summed E-state index contributed by atoms with van der Waals surface area (Å²) < 4.78 is 0. The van der Waals surface area contributed by atoms with Crippen LogP contribution in [0.25, 0.3) is 11.1 Å². The molecule has 0 atom stereocenters. The van der Waals surface area contributed by atoms with Crippen LogP contribution in [0.5, 0.6) is 0 Å². The molecule has 0 spiro atoms. The number of hydrogen-bond acceptors (Lipinski definition) is 1. The lowest BCUT2D eigenvalue weighted by Gasteiger charge is -2.34. The first-order chi connectivity index (χ1) is 17.0. The second kappa shape index (κ2) is 9.74. The topological polar surface area (TPSA) is 12.0 Å². The Morgan fingerprint density at radius 1 is 0.571 bits per heavy atom. The molecule has 4 aromatic carbocycles. The van der Waals surface area contributed by atoms with E-state index in [0.717, 1.165) is 6.54 Å². The quantitative estimate of drug-likeness (QED) is 0.228. The van der Waals surface area contributed by atoms with Gasteiger partial charge in [0.2, 0.25) is 0 Å². The van der Waals surface area contributed by atoms with Gasteiger partial charge in [0.25, 0.3) is 0 Å². The molecule has 4 aromatic rings. The molecule has 0 radical (unpaired) electrons. The summed E-state index contributed by atoms with van der Waals surface area (Å²) >= 11 is 0. The van der Waals surface area contributed by atoms with E-state index in [-0.39, 0.29) is 5.41 Å². The fourth-order valence-corrected chi connectivity index (χ4v) is 5.77. The lowest BCUT2D eigenvalue weighted by Crippen LogP contribution is -2.28. The molecule has 0 aromatic heterocycles. The highest BCUT2D eigenvalue weighted by Gasteiger charge is 2.46. The third-order valence-electron chi connectivity index (χ3n) is 7.61. The van der Waals surface area contributed by atoms with Crippen LogP contribution in [0.3, 0.4) is 0 Å². The minimum Gasteiger partial charge on any atom is -0.385 e. The molecule has 0 amide bonds. The Bertz CT molecular complexity index is 1260. The summed E-state index contributed by atoms with van der Waals surface area (Å²) in [4.78, 5) is 0. The van der Waals surface area contributed by atoms with E-state index in [4.69, 9.17) is 0 Å². The van der Waals surface area contributed by atoms with Gasteiger partial charge in [-0.25, -0.2) is 0 Å². The van der Waals surface area contributed by atoms with Gasteiger partial charge in [0, 0.05) is 12.2 Å². The Morgan fingerprint density at radius 3 is 1.63 bits per heavy atom. The zero-order valence-corrected chi connectivity index (χ0v) is 21.6. The van der Waals surface area contributed by atoms with Crippen molar-refractivity contribution in [3.05, 3.63) is 124 Å². The fraction of sp³-hybridized carbons (Fsp3) is 0.294. The van der Waals surface area contributed by atoms with Crippen LogP contribution in [-0.4, -0.2) is 6.54 Å². The van der Waals surface area contributed by atoms with Crippen molar-refractivity contribution in [2.45, 2.75) is 58.8 Å². The Balaban J connectivity index is 1.66. The van der Waals surface area contributed by atoms with E-state index >= 15 is 0 Å². The predicted molar refractivity (Wildman–Crippen MR) is 151 cm³/mol. The number of rotatable bonds is 8. The van der Waals surface area contributed by atoms with Crippen molar-refractivity contribution in [2.24, 2.45) is 0 Å². The molecule has 1 N–H and O–H groups in total. The van der Waals surface area contributed by atoms with Gasteiger partial charge in [-0.3, -0.25) is 0 Å². The second-order valence-electron chi connectivity index (χ2n) is 10.3. The van der Waals surface area contributed by atoms with Gasteiger partial charge in [0.15, 0.2) is 0 Å². The van der Waals surface area contributed by atoms with Crippen molar-refractivity contribution in [3.63, 3.8) is 0 Å². The van der Waals surface area contributed by atoms with Crippen LogP contribution < -0.4 is 5.32 Å². The summed E-state index contributed by atoms with van der Waals surface area (Å²) in [6, 6.07) is 32.4. The van der Waals surface area contributed by atoms with E-state index < -0.39 is 0 Å². The molecule has 0 saturated heterocycles. The molecule has 0 heterocycles. The van der Waals surface area contributed by atoms with Crippen LogP contribution in [0.2, 0.25) is 0 Å². The number of aryl methyl sites for hydroxylation is 3. The maximum Gasteiger partial charge on any atom is 0.0713 e. The Labute approximate surface area is 211 Å². The molecule has 178 valence electrons. The minimum atomic E-state index is -0.323. The smallest absolute Gasteiger partial charge is 0.0713 e. The van der Waals surface area contributed by atoms with Crippen LogP contribution in [-0.2, 0) is 5.41 Å². The van der Waals surface area contributed by atoms with Crippen molar-refractivity contribution in [1.82, 2.24) is 0 Å². The van der Waals surface area contributed by atoms with Crippen molar-refractivity contribution >= 4 is 5.69 Å². The Hall–Kier alpha value is -3.32. The highest BCUT2D eigenvalue weighted by molar-refractivity contribution is 5.86. The van der Waals surface area contributed by atoms with Gasteiger partial charge in [0.05, 0.1) is 5.41 Å². The number of nitrogens with one attached hydrogen (secondary N) is 1. The average molecular weight is 460 g/mol. The molecule has 0 fully saturated rings. The standard InChI is InChI=1S/C34H37N/c1-5-6-7-8-21-35-29-17-15-28(16-18-29)34(27-13-9-24(2)10-14-27)32-22-25(3)11-19-30(32)31-20-12-26(4)23-33(31)34/h9-20,22-23,35H,5-8,21H2,1-4H3. The van der Waals surface area contributed by atoms with E-state index in [9.17, 15) is 0 Å². The molecule has 1 heteroatoms. The van der Waals surface area contributed by atoms with Gasteiger partial charge in [-0.2, -0.15) is 0 Å². The molecule has 5 rings (SSSR count). The molecule has 1 aliphatic rings. The predicted octanol–water partition coefficient (Wildman–Crippen LogP) is 8.97. The minimum absolute atomic E-state index is 0.323. The lowest BCUT2D eigenvalue weighted by atomic mass is 9.67. The summed E-state index contributed by atoms with van der Waals surface area (Å²) in [5, 5.41) is 3.64. The van der Waals surface area contributed by atoms with Gasteiger partial charge in [-0.1, -0.05) is 116 Å². The Kier molecular flexibility index (Phi) is 6.52. The van der Waals surface area contributed by atoms with Crippen molar-refractivity contribution in [1.29, 1.82) is 0 Å². The largest absolute Gasteiger partial charge is 0.385 e. The maximum absolute atomic E-state index is 3.64. The van der Waals surface area contributed by atoms with Crippen LogP contribution in [0.15, 0.2) is 84.9 Å². The number of anilines is 1. The molecular weight excluding hydrogens is 422 g/mol. The van der Waals surface area contributed by atoms with E-state index in [1.807, 2.05) is 0 Å². The van der Waals surface area contributed by atoms with Crippen molar-refractivity contribution < 1.29 is 0 Å². The van der Waals surface area contributed by atoms with Gasteiger partial charge in [0.1, 0.15) is 0 Å². The number of fused-ring (bicyclic) bond motifs is 3. The molecule has 0 unspecified atom stereocenters. The normalized spacial score (nSPS) is 13.4. The fourth-order valence-electron chi connectivity index (χ4n) is 5.77. The van der Waals surface area contributed by atoms with E-state index in [1.165, 1.54) is 81.4 Å². The monoisotopic (exact) mass is 459 g/mol. The molecule has 0 aliphatic heterocycles. The molecule has 0 saturated carbocycles. The zero-order chi connectivity index (χ0) is 24.4. The summed E-state index contributed by atoms with van der Waals surface area (Å²) in [6.45, 7) is 9.88.